The van der Waals surface area contributed by atoms with Gasteiger partial charge in [-0.15, -0.1) is 6.58 Å². The molecule has 4 rings (SSSR count). The van der Waals surface area contributed by atoms with Crippen LogP contribution >= 0.6 is 0 Å². The van der Waals surface area contributed by atoms with E-state index in [9.17, 15) is 18.8 Å². The van der Waals surface area contributed by atoms with Gasteiger partial charge >= 0.3 is 0 Å². The van der Waals surface area contributed by atoms with Gasteiger partial charge in [-0.1, -0.05) is 70.7 Å². The number of carbonyl (C=O) groups is 3. The molecule has 2 heterocycles. The van der Waals surface area contributed by atoms with Crippen LogP contribution < -0.4 is 5.32 Å². The van der Waals surface area contributed by atoms with Crippen LogP contribution in [0.5, 0.6) is 0 Å². The summed E-state index contributed by atoms with van der Waals surface area (Å²) in [6.45, 7) is 11.3. The monoisotopic (exact) mass is 532 g/mol. The number of nitrogens with one attached hydrogen (secondary N) is 1. The number of piperidine rings is 1. The molecule has 38 heavy (non-hydrogen) atoms. The number of fused-ring (bicyclic) bond motifs is 2. The average Bonchev–Trinajstić information content (AvgIpc) is 3.21. The molecule has 5 nitrogen and oxygen atoms in total. The van der Waals surface area contributed by atoms with Gasteiger partial charge in [-0.2, -0.15) is 0 Å². The first-order valence-electron chi connectivity index (χ1n) is 14.6. The van der Waals surface area contributed by atoms with E-state index in [0.29, 0.717) is 30.7 Å². The van der Waals surface area contributed by atoms with Gasteiger partial charge in [0.05, 0.1) is 13.2 Å². The minimum atomic E-state index is -0.326. The van der Waals surface area contributed by atoms with Gasteiger partial charge in [0.1, 0.15) is 0 Å². The predicted octanol–water partition coefficient (Wildman–Crippen LogP) is 7.70. The van der Waals surface area contributed by atoms with Crippen molar-refractivity contribution in [1.29, 1.82) is 0 Å². The highest BCUT2D eigenvalue weighted by molar-refractivity contribution is 5.97. The lowest BCUT2D eigenvalue weighted by atomic mass is 9.82. The second kappa shape index (κ2) is 22.5. The summed E-state index contributed by atoms with van der Waals surface area (Å²) in [7, 11) is 0.500. The summed E-state index contributed by atoms with van der Waals surface area (Å²) in [6, 6.07) is 9.97. The number of benzene rings is 1. The van der Waals surface area contributed by atoms with Crippen LogP contribution in [0.25, 0.3) is 0 Å². The molecule has 6 heteroatoms. The molecule has 0 spiro atoms. The Bertz CT molecular complexity index is 749. The smallest absolute Gasteiger partial charge is 0.251 e. The molecular formula is C32H53FN2O3. The molecule has 2 aliphatic heterocycles. The Morgan fingerprint density at radius 3 is 1.92 bits per heavy atom. The van der Waals surface area contributed by atoms with Crippen molar-refractivity contribution in [3.05, 3.63) is 48.6 Å². The standard InChI is InChI=1S/C16H21NO2.C8H13NO.C5H10.C2H6.CH3F/c1-12(18)15(13-8-4-2-5-9-13)17-16(19)14-10-6-3-7-11-14;10-6-9-7-2-1-3-8(9)5-4-7;1-3-5-4-2;2*1-2/h3,6-7,10-11,13,15H,2,4-5,8-9H2,1H3,(H,17,19);6-8H,1-5H2;3H,1,4-5H2,2H3;1-2H3;1H3. The molecule has 1 N–H and O–H groups in total. The fourth-order valence-corrected chi connectivity index (χ4v) is 5.37. The number of nitrogens with zero attached hydrogens (tertiary/aromatic N) is 1. The van der Waals surface area contributed by atoms with Crippen LogP contribution in [0.3, 0.4) is 0 Å². The minimum Gasteiger partial charge on any atom is -0.342 e. The van der Waals surface area contributed by atoms with Crippen molar-refractivity contribution in [3.63, 3.8) is 0 Å². The van der Waals surface area contributed by atoms with Crippen molar-refractivity contribution in [3.8, 4) is 0 Å². The van der Waals surface area contributed by atoms with Crippen LogP contribution in [0.4, 0.5) is 4.39 Å². The molecule has 2 saturated heterocycles. The molecule has 0 aromatic heterocycles. The number of hydrogen-bond acceptors (Lipinski definition) is 3. The average molecular weight is 533 g/mol. The third-order valence-corrected chi connectivity index (χ3v) is 7.25. The van der Waals surface area contributed by atoms with Crippen molar-refractivity contribution in [2.45, 2.75) is 123 Å². The molecular weight excluding hydrogens is 479 g/mol. The van der Waals surface area contributed by atoms with Crippen LogP contribution in [0.2, 0.25) is 0 Å². The molecule has 216 valence electrons. The Morgan fingerprint density at radius 2 is 1.53 bits per heavy atom. The van der Waals surface area contributed by atoms with Crippen LogP contribution in [0, 0.1) is 5.92 Å². The summed E-state index contributed by atoms with van der Waals surface area (Å²) < 4.78 is 9.50. The number of carbonyl (C=O) groups excluding carboxylic acids is 3. The molecule has 1 aromatic rings. The van der Waals surface area contributed by atoms with Crippen LogP contribution in [0.1, 0.15) is 115 Å². The summed E-state index contributed by atoms with van der Waals surface area (Å²) in [4.78, 5) is 36.5. The quantitative estimate of drug-likeness (QED) is 0.289. The zero-order valence-corrected chi connectivity index (χ0v) is 24.6. The Hall–Kier alpha value is -2.50. The number of ketones is 1. The fraction of sp³-hybridized carbons (Fsp3) is 0.656. The molecule has 0 radical (unpaired) electrons. The zero-order chi connectivity index (χ0) is 28.8. The fourth-order valence-electron chi connectivity index (χ4n) is 5.37. The normalized spacial score (nSPS) is 20.2. The third kappa shape index (κ3) is 12.8. The number of rotatable bonds is 7. The number of alkyl halides is 1. The van der Waals surface area contributed by atoms with Crippen molar-refractivity contribution in [2.75, 3.05) is 7.18 Å². The first-order valence-corrected chi connectivity index (χ1v) is 14.6. The van der Waals surface area contributed by atoms with E-state index in [1.54, 1.807) is 19.1 Å². The van der Waals surface area contributed by atoms with E-state index in [2.05, 4.69) is 18.8 Å². The molecule has 1 aromatic carbocycles. The number of halogens is 1. The summed E-state index contributed by atoms with van der Waals surface area (Å²) in [5, 5.41) is 2.91. The van der Waals surface area contributed by atoms with Gasteiger partial charge in [0.15, 0.2) is 5.78 Å². The van der Waals surface area contributed by atoms with E-state index >= 15 is 0 Å². The highest BCUT2D eigenvalue weighted by atomic mass is 19.1. The topological polar surface area (TPSA) is 66.5 Å². The number of hydrogen-bond donors (Lipinski definition) is 1. The van der Waals surface area contributed by atoms with E-state index < -0.39 is 0 Å². The Labute approximate surface area is 231 Å². The van der Waals surface area contributed by atoms with Gasteiger partial charge in [0.25, 0.3) is 5.91 Å². The largest absolute Gasteiger partial charge is 0.342 e. The van der Waals surface area contributed by atoms with E-state index in [1.165, 1.54) is 44.9 Å². The van der Waals surface area contributed by atoms with Gasteiger partial charge < -0.3 is 10.2 Å². The molecule has 2 amide bonds. The van der Waals surface area contributed by atoms with E-state index in [-0.39, 0.29) is 17.7 Å². The molecule has 1 saturated carbocycles. The SMILES string of the molecule is C=CCCC.CC.CC(=O)C(NC(=O)c1ccccc1)C1CCCCC1.CF.O=CN1C2CCCC1CC2. The van der Waals surface area contributed by atoms with E-state index in [4.69, 9.17) is 0 Å². The van der Waals surface area contributed by atoms with Crippen LogP contribution in [0.15, 0.2) is 43.0 Å². The van der Waals surface area contributed by atoms with Crippen molar-refractivity contribution < 1.29 is 18.8 Å². The lowest BCUT2D eigenvalue weighted by Gasteiger charge is -2.30. The van der Waals surface area contributed by atoms with Crippen molar-refractivity contribution in [1.82, 2.24) is 10.2 Å². The maximum Gasteiger partial charge on any atom is 0.251 e. The maximum atomic E-state index is 12.1. The van der Waals surface area contributed by atoms with Gasteiger partial charge in [-0.3, -0.25) is 18.8 Å². The Kier molecular flexibility index (Phi) is 21.0. The zero-order valence-electron chi connectivity index (χ0n) is 24.6. The third-order valence-electron chi connectivity index (χ3n) is 7.25. The summed E-state index contributed by atoms with van der Waals surface area (Å²) >= 11 is 0. The molecule has 3 atom stereocenters. The number of Topliss-reactive ketones (excluding diaryl/α,β-unsaturated/α-hetero) is 1. The maximum absolute atomic E-state index is 12.1. The Morgan fingerprint density at radius 1 is 0.974 bits per heavy atom. The summed E-state index contributed by atoms with van der Waals surface area (Å²) in [5.74, 6) is 0.224. The molecule has 1 aliphatic carbocycles. The first-order chi connectivity index (χ1) is 18.5. The summed E-state index contributed by atoms with van der Waals surface area (Å²) in [5.41, 5.74) is 0.615. The highest BCUT2D eigenvalue weighted by Gasteiger charge is 2.35. The summed E-state index contributed by atoms with van der Waals surface area (Å²) in [6.07, 6.45) is 17.3. The second-order valence-corrected chi connectivity index (χ2v) is 9.77. The molecule has 3 aliphatic rings. The Balaban J connectivity index is 0.000000600. The lowest BCUT2D eigenvalue weighted by molar-refractivity contribution is -0.122. The number of unbranched alkanes of at least 4 members (excludes halogenated alkanes) is 1. The van der Waals surface area contributed by atoms with Crippen molar-refractivity contribution in [2.24, 2.45) is 5.92 Å². The lowest BCUT2D eigenvalue weighted by Crippen LogP contribution is -2.45. The van der Waals surface area contributed by atoms with Crippen molar-refractivity contribution >= 4 is 18.1 Å². The molecule has 3 unspecified atom stereocenters. The number of allylic oxidation sites excluding steroid dienone is 1. The van der Waals surface area contributed by atoms with E-state index in [0.717, 1.165) is 38.5 Å². The van der Waals surface area contributed by atoms with Crippen LogP contribution in [-0.4, -0.2) is 48.3 Å². The highest BCUT2D eigenvalue weighted by Crippen LogP contribution is 2.33. The van der Waals surface area contributed by atoms with Crippen LogP contribution in [-0.2, 0) is 9.59 Å². The van der Waals surface area contributed by atoms with Gasteiger partial charge in [-0.05, 0) is 76.3 Å². The minimum absolute atomic E-state index is 0.0659. The van der Waals surface area contributed by atoms with E-state index in [1.807, 2.05) is 43.0 Å². The number of amides is 2. The molecule has 2 bridgehead atoms. The van der Waals surface area contributed by atoms with Gasteiger partial charge in [0, 0.05) is 17.6 Å². The van der Waals surface area contributed by atoms with Gasteiger partial charge in [0.2, 0.25) is 6.41 Å². The molecule has 3 fully saturated rings. The second-order valence-electron chi connectivity index (χ2n) is 9.77. The predicted molar refractivity (Wildman–Crippen MR) is 157 cm³/mol. The van der Waals surface area contributed by atoms with Gasteiger partial charge in [-0.25, -0.2) is 0 Å². The first kappa shape index (κ1) is 35.5.